The first-order valence-electron chi connectivity index (χ1n) is 6.22. The minimum atomic E-state index is -0.183. The first-order chi connectivity index (χ1) is 9.24. The summed E-state index contributed by atoms with van der Waals surface area (Å²) in [6.07, 6.45) is 3.19. The molecular formula is C13H16N2O3S. The molecule has 1 aliphatic rings. The number of hydrogen-bond donors (Lipinski definition) is 2. The molecule has 2 rings (SSSR count). The van der Waals surface area contributed by atoms with Gasteiger partial charge in [-0.2, -0.15) is 0 Å². The van der Waals surface area contributed by atoms with Crippen molar-refractivity contribution in [3.8, 4) is 11.8 Å². The highest BCUT2D eigenvalue weighted by Gasteiger charge is 2.33. The molecule has 1 aromatic heterocycles. The molecule has 6 heteroatoms. The molecule has 1 aromatic rings. The normalized spacial score (nSPS) is 21.8. The molecule has 2 unspecified atom stereocenters. The Bertz CT molecular complexity index is 503. The van der Waals surface area contributed by atoms with Crippen LogP contribution in [-0.4, -0.2) is 35.3 Å². The standard InChI is InChI=1S/C13H16N2O3S/c1-2-11-10(5-7-18-11)12(17)15-13-14-8-9(19-13)4-3-6-16/h8,10-11,16H,2,5-7H2,1H3,(H,14,15,17). The van der Waals surface area contributed by atoms with Gasteiger partial charge in [-0.1, -0.05) is 30.1 Å². The largest absolute Gasteiger partial charge is 0.384 e. The summed E-state index contributed by atoms with van der Waals surface area (Å²) >= 11 is 1.30. The van der Waals surface area contributed by atoms with Crippen LogP contribution in [0.3, 0.4) is 0 Å². The van der Waals surface area contributed by atoms with Gasteiger partial charge in [-0.3, -0.25) is 4.79 Å². The molecule has 0 aliphatic carbocycles. The average Bonchev–Trinajstić information content (AvgIpc) is 3.04. The summed E-state index contributed by atoms with van der Waals surface area (Å²) in [4.78, 5) is 16.9. The van der Waals surface area contributed by atoms with Crippen molar-refractivity contribution in [1.29, 1.82) is 0 Å². The Kier molecular flexibility index (Phi) is 4.91. The van der Waals surface area contributed by atoms with Gasteiger partial charge in [0, 0.05) is 6.61 Å². The average molecular weight is 280 g/mol. The molecule has 2 atom stereocenters. The van der Waals surface area contributed by atoms with E-state index in [0.29, 0.717) is 11.7 Å². The number of aromatic nitrogens is 1. The number of thiazole rings is 1. The van der Waals surface area contributed by atoms with Gasteiger partial charge >= 0.3 is 0 Å². The summed E-state index contributed by atoms with van der Waals surface area (Å²) in [6.45, 7) is 2.47. The highest BCUT2D eigenvalue weighted by molar-refractivity contribution is 7.16. The van der Waals surface area contributed by atoms with E-state index in [1.165, 1.54) is 11.3 Å². The fourth-order valence-electron chi connectivity index (χ4n) is 2.07. The molecule has 1 saturated heterocycles. The molecule has 19 heavy (non-hydrogen) atoms. The van der Waals surface area contributed by atoms with E-state index in [-0.39, 0.29) is 24.5 Å². The van der Waals surface area contributed by atoms with Crippen LogP contribution in [0.1, 0.15) is 24.6 Å². The topological polar surface area (TPSA) is 71.5 Å². The number of carbonyl (C=O) groups is 1. The summed E-state index contributed by atoms with van der Waals surface area (Å²) in [5, 5.41) is 11.9. The highest BCUT2D eigenvalue weighted by Crippen LogP contribution is 2.26. The minimum absolute atomic E-state index is 0.00798. The number of nitrogens with one attached hydrogen (secondary N) is 1. The van der Waals surface area contributed by atoms with Crippen molar-refractivity contribution in [2.75, 3.05) is 18.5 Å². The van der Waals surface area contributed by atoms with Crippen LogP contribution in [0.25, 0.3) is 0 Å². The number of aliphatic hydroxyl groups is 1. The molecule has 0 saturated carbocycles. The predicted octanol–water partition coefficient (Wildman–Crippen LogP) is 1.24. The second kappa shape index (κ2) is 6.66. The van der Waals surface area contributed by atoms with Gasteiger partial charge in [-0.25, -0.2) is 4.98 Å². The van der Waals surface area contributed by atoms with Gasteiger partial charge in [-0.05, 0) is 12.8 Å². The van der Waals surface area contributed by atoms with Gasteiger partial charge in [0.15, 0.2) is 5.13 Å². The van der Waals surface area contributed by atoms with E-state index in [4.69, 9.17) is 9.84 Å². The molecule has 0 spiro atoms. The van der Waals surface area contributed by atoms with Crippen LogP contribution in [0.15, 0.2) is 6.20 Å². The molecule has 2 N–H and O–H groups in total. The third-order valence-corrected chi connectivity index (χ3v) is 3.80. The lowest BCUT2D eigenvalue weighted by Gasteiger charge is -2.15. The van der Waals surface area contributed by atoms with Crippen LogP contribution in [0.4, 0.5) is 5.13 Å². The molecule has 1 amide bonds. The lowest BCUT2D eigenvalue weighted by atomic mass is 9.99. The first-order valence-corrected chi connectivity index (χ1v) is 7.04. The Morgan fingerprint density at radius 2 is 2.58 bits per heavy atom. The van der Waals surface area contributed by atoms with E-state index in [9.17, 15) is 4.79 Å². The quantitative estimate of drug-likeness (QED) is 0.817. The Morgan fingerprint density at radius 3 is 3.32 bits per heavy atom. The number of nitrogens with zero attached hydrogens (tertiary/aromatic N) is 1. The highest BCUT2D eigenvalue weighted by atomic mass is 32.1. The van der Waals surface area contributed by atoms with Crippen molar-refractivity contribution in [3.05, 3.63) is 11.1 Å². The Labute approximate surface area is 116 Å². The zero-order chi connectivity index (χ0) is 13.7. The predicted molar refractivity (Wildman–Crippen MR) is 72.8 cm³/mol. The van der Waals surface area contributed by atoms with Crippen molar-refractivity contribution in [2.24, 2.45) is 5.92 Å². The van der Waals surface area contributed by atoms with Gasteiger partial charge in [0.1, 0.15) is 6.61 Å². The van der Waals surface area contributed by atoms with Gasteiger partial charge in [0.25, 0.3) is 0 Å². The molecule has 2 heterocycles. The SMILES string of the molecule is CCC1OCCC1C(=O)Nc1ncc(C#CCO)s1. The van der Waals surface area contributed by atoms with Crippen LogP contribution in [0, 0.1) is 17.8 Å². The molecule has 102 valence electrons. The number of carbonyl (C=O) groups excluding carboxylic acids is 1. The van der Waals surface area contributed by atoms with Gasteiger partial charge in [0.2, 0.25) is 5.91 Å². The Morgan fingerprint density at radius 1 is 1.74 bits per heavy atom. The lowest BCUT2D eigenvalue weighted by molar-refractivity contribution is -0.121. The maximum Gasteiger partial charge on any atom is 0.231 e. The van der Waals surface area contributed by atoms with Crippen molar-refractivity contribution in [2.45, 2.75) is 25.9 Å². The summed E-state index contributed by atoms with van der Waals surface area (Å²) in [5.74, 6) is 5.17. The maximum absolute atomic E-state index is 12.1. The molecular weight excluding hydrogens is 264 g/mol. The molecule has 0 radical (unpaired) electrons. The number of anilines is 1. The van der Waals surface area contributed by atoms with E-state index in [1.54, 1.807) is 6.20 Å². The third-order valence-electron chi connectivity index (χ3n) is 2.98. The van der Waals surface area contributed by atoms with Crippen LogP contribution in [-0.2, 0) is 9.53 Å². The molecule has 0 bridgehead atoms. The van der Waals surface area contributed by atoms with Gasteiger partial charge in [-0.15, -0.1) is 0 Å². The van der Waals surface area contributed by atoms with Crippen LogP contribution < -0.4 is 5.32 Å². The summed E-state index contributed by atoms with van der Waals surface area (Å²) in [6, 6.07) is 0. The van der Waals surface area contributed by atoms with Gasteiger partial charge < -0.3 is 15.2 Å². The fraction of sp³-hybridized carbons (Fsp3) is 0.538. The Balaban J connectivity index is 1.97. The van der Waals surface area contributed by atoms with Crippen molar-refractivity contribution < 1.29 is 14.6 Å². The number of rotatable bonds is 3. The van der Waals surface area contributed by atoms with Crippen LogP contribution in [0.5, 0.6) is 0 Å². The van der Waals surface area contributed by atoms with Crippen molar-refractivity contribution >= 4 is 22.4 Å². The van der Waals surface area contributed by atoms with Gasteiger partial charge in [0.05, 0.1) is 23.1 Å². The zero-order valence-electron chi connectivity index (χ0n) is 10.7. The number of hydrogen-bond acceptors (Lipinski definition) is 5. The monoisotopic (exact) mass is 280 g/mol. The van der Waals surface area contributed by atoms with Crippen molar-refractivity contribution in [1.82, 2.24) is 4.98 Å². The smallest absolute Gasteiger partial charge is 0.231 e. The molecule has 5 nitrogen and oxygen atoms in total. The second-order valence-electron chi connectivity index (χ2n) is 4.19. The maximum atomic E-state index is 12.1. The summed E-state index contributed by atoms with van der Waals surface area (Å²) in [7, 11) is 0. The van der Waals surface area contributed by atoms with Crippen LogP contribution in [0.2, 0.25) is 0 Å². The lowest BCUT2D eigenvalue weighted by Crippen LogP contribution is -2.29. The first kappa shape index (κ1) is 14.0. The van der Waals surface area contributed by atoms with E-state index in [0.717, 1.165) is 17.7 Å². The molecule has 1 aliphatic heterocycles. The third kappa shape index (κ3) is 3.53. The van der Waals surface area contributed by atoms with E-state index < -0.39 is 0 Å². The minimum Gasteiger partial charge on any atom is -0.384 e. The number of amides is 1. The fourth-order valence-corrected chi connectivity index (χ4v) is 2.76. The summed E-state index contributed by atoms with van der Waals surface area (Å²) in [5.41, 5.74) is 0. The number of aliphatic hydroxyl groups excluding tert-OH is 1. The Hall–Kier alpha value is -1.42. The molecule has 1 fully saturated rings. The van der Waals surface area contributed by atoms with Crippen LogP contribution >= 0.6 is 11.3 Å². The van der Waals surface area contributed by atoms with Crippen molar-refractivity contribution in [3.63, 3.8) is 0 Å². The molecule has 0 aromatic carbocycles. The zero-order valence-corrected chi connectivity index (χ0v) is 11.5. The second-order valence-corrected chi connectivity index (χ2v) is 5.22. The summed E-state index contributed by atoms with van der Waals surface area (Å²) < 4.78 is 5.50. The van der Waals surface area contributed by atoms with E-state index >= 15 is 0 Å². The van der Waals surface area contributed by atoms with E-state index in [1.807, 2.05) is 6.92 Å². The number of ether oxygens (including phenoxy) is 1. The van der Waals surface area contributed by atoms with E-state index in [2.05, 4.69) is 22.1 Å².